The molecule has 1 amide bonds. The number of thiazole rings is 1. The van der Waals surface area contributed by atoms with Gasteiger partial charge < -0.3 is 5.32 Å². The van der Waals surface area contributed by atoms with Crippen LogP contribution >= 0.6 is 22.9 Å². The number of nitrogens with one attached hydrogen (secondary N) is 1. The Bertz CT molecular complexity index is 1090. The summed E-state index contributed by atoms with van der Waals surface area (Å²) in [4.78, 5) is 17.7. The SMILES string of the molecule is O=C(Cc1csc2nc(-c3ccc(F)cc3)cn12)NCc1ccc(Cl)cc1. The summed E-state index contributed by atoms with van der Waals surface area (Å²) in [5, 5.41) is 5.51. The van der Waals surface area contributed by atoms with E-state index in [1.54, 1.807) is 24.3 Å². The van der Waals surface area contributed by atoms with Gasteiger partial charge in [-0.05, 0) is 42.0 Å². The topological polar surface area (TPSA) is 46.4 Å². The molecule has 2 heterocycles. The molecule has 0 spiro atoms. The molecule has 0 unspecified atom stereocenters. The fourth-order valence-corrected chi connectivity index (χ4v) is 3.75. The van der Waals surface area contributed by atoms with E-state index < -0.39 is 0 Å². The van der Waals surface area contributed by atoms with Crippen molar-refractivity contribution in [2.24, 2.45) is 0 Å². The number of imidazole rings is 1. The molecule has 0 saturated carbocycles. The maximum absolute atomic E-state index is 13.1. The van der Waals surface area contributed by atoms with Crippen molar-refractivity contribution in [2.45, 2.75) is 13.0 Å². The first-order valence-corrected chi connectivity index (χ1v) is 9.57. The van der Waals surface area contributed by atoms with E-state index in [1.807, 2.05) is 28.1 Å². The van der Waals surface area contributed by atoms with Crippen LogP contribution < -0.4 is 5.32 Å². The number of fused-ring (bicyclic) bond motifs is 1. The summed E-state index contributed by atoms with van der Waals surface area (Å²) in [6.07, 6.45) is 2.13. The Kier molecular flexibility index (Phi) is 4.92. The van der Waals surface area contributed by atoms with Gasteiger partial charge in [0.05, 0.1) is 12.1 Å². The van der Waals surface area contributed by atoms with Crippen LogP contribution in [0.5, 0.6) is 0 Å². The highest BCUT2D eigenvalue weighted by Crippen LogP contribution is 2.24. The maximum atomic E-state index is 13.1. The number of nitrogens with zero attached hydrogens (tertiary/aromatic N) is 2. The van der Waals surface area contributed by atoms with Gasteiger partial charge in [0.25, 0.3) is 0 Å². The normalized spacial score (nSPS) is 11.0. The van der Waals surface area contributed by atoms with Gasteiger partial charge >= 0.3 is 0 Å². The minimum atomic E-state index is -0.280. The van der Waals surface area contributed by atoms with Crippen molar-refractivity contribution in [1.29, 1.82) is 0 Å². The van der Waals surface area contributed by atoms with Gasteiger partial charge in [0.15, 0.2) is 4.96 Å². The Labute approximate surface area is 164 Å². The van der Waals surface area contributed by atoms with E-state index >= 15 is 0 Å². The summed E-state index contributed by atoms with van der Waals surface area (Å²) in [5.74, 6) is -0.348. The lowest BCUT2D eigenvalue weighted by Crippen LogP contribution is -2.24. The number of carbonyl (C=O) groups is 1. The molecule has 7 heteroatoms. The summed E-state index contributed by atoms with van der Waals surface area (Å²) < 4.78 is 15.0. The smallest absolute Gasteiger partial charge is 0.226 e. The summed E-state index contributed by atoms with van der Waals surface area (Å²) in [6, 6.07) is 13.6. The minimum absolute atomic E-state index is 0.0679. The third-order valence-electron chi connectivity index (χ3n) is 4.17. The first kappa shape index (κ1) is 17.7. The third kappa shape index (κ3) is 4.02. The average Bonchev–Trinajstić information content (AvgIpc) is 3.24. The highest BCUT2D eigenvalue weighted by Gasteiger charge is 2.12. The Morgan fingerprint density at radius 1 is 1.15 bits per heavy atom. The molecule has 1 N–H and O–H groups in total. The molecule has 0 aliphatic rings. The Morgan fingerprint density at radius 3 is 2.63 bits per heavy atom. The second kappa shape index (κ2) is 7.50. The molecule has 0 saturated heterocycles. The molecule has 136 valence electrons. The Balaban J connectivity index is 1.46. The molecule has 0 aliphatic heterocycles. The Hall–Kier alpha value is -2.70. The van der Waals surface area contributed by atoms with Crippen LogP contribution in [0.15, 0.2) is 60.1 Å². The predicted molar refractivity (Wildman–Crippen MR) is 105 cm³/mol. The zero-order valence-corrected chi connectivity index (χ0v) is 15.7. The molecule has 4 aromatic rings. The lowest BCUT2D eigenvalue weighted by Gasteiger charge is -2.05. The van der Waals surface area contributed by atoms with Gasteiger partial charge in [-0.15, -0.1) is 11.3 Å². The third-order valence-corrected chi connectivity index (χ3v) is 5.31. The van der Waals surface area contributed by atoms with Crippen molar-refractivity contribution in [1.82, 2.24) is 14.7 Å². The predicted octanol–water partition coefficient (Wildman–Crippen LogP) is 4.71. The number of aromatic nitrogens is 2. The first-order valence-electron chi connectivity index (χ1n) is 8.31. The van der Waals surface area contributed by atoms with Crippen LogP contribution in [0.25, 0.3) is 16.2 Å². The monoisotopic (exact) mass is 399 g/mol. The molecule has 4 nitrogen and oxygen atoms in total. The molecular formula is C20H15ClFN3OS. The van der Waals surface area contributed by atoms with Crippen molar-refractivity contribution in [3.63, 3.8) is 0 Å². The van der Waals surface area contributed by atoms with Gasteiger partial charge in [-0.2, -0.15) is 0 Å². The first-order chi connectivity index (χ1) is 13.1. The number of halogens is 2. The number of hydrogen-bond donors (Lipinski definition) is 1. The van der Waals surface area contributed by atoms with Crippen LogP contribution in [0.4, 0.5) is 4.39 Å². The number of amides is 1. The van der Waals surface area contributed by atoms with Gasteiger partial charge in [0.1, 0.15) is 5.82 Å². The van der Waals surface area contributed by atoms with Crippen molar-refractivity contribution >= 4 is 33.8 Å². The lowest BCUT2D eigenvalue weighted by atomic mass is 10.2. The highest BCUT2D eigenvalue weighted by molar-refractivity contribution is 7.15. The van der Waals surface area contributed by atoms with Gasteiger partial charge in [0.2, 0.25) is 5.91 Å². The summed E-state index contributed by atoms with van der Waals surface area (Å²) in [7, 11) is 0. The lowest BCUT2D eigenvalue weighted by molar-refractivity contribution is -0.120. The molecule has 2 aromatic heterocycles. The van der Waals surface area contributed by atoms with Crippen molar-refractivity contribution < 1.29 is 9.18 Å². The van der Waals surface area contributed by atoms with Crippen LogP contribution in [0.1, 0.15) is 11.3 Å². The van der Waals surface area contributed by atoms with Gasteiger partial charge in [-0.1, -0.05) is 23.7 Å². The van der Waals surface area contributed by atoms with Gasteiger partial charge in [-0.3, -0.25) is 9.20 Å². The van der Waals surface area contributed by atoms with E-state index in [1.165, 1.54) is 23.5 Å². The summed E-state index contributed by atoms with van der Waals surface area (Å²) in [6.45, 7) is 0.452. The van der Waals surface area contributed by atoms with E-state index in [0.717, 1.165) is 27.5 Å². The highest BCUT2D eigenvalue weighted by atomic mass is 35.5. The number of rotatable bonds is 5. The van der Waals surface area contributed by atoms with Crippen LogP contribution in [0.3, 0.4) is 0 Å². The van der Waals surface area contributed by atoms with Crippen molar-refractivity contribution in [2.75, 3.05) is 0 Å². The fraction of sp³-hybridized carbons (Fsp3) is 0.100. The molecule has 2 aromatic carbocycles. The maximum Gasteiger partial charge on any atom is 0.226 e. The summed E-state index contributed by atoms with van der Waals surface area (Å²) in [5.41, 5.74) is 3.45. The molecule has 0 aliphatic carbocycles. The summed E-state index contributed by atoms with van der Waals surface area (Å²) >= 11 is 7.34. The molecule has 0 radical (unpaired) electrons. The van der Waals surface area contributed by atoms with Crippen LogP contribution in [-0.2, 0) is 17.8 Å². The molecule has 0 fully saturated rings. The van der Waals surface area contributed by atoms with E-state index in [0.29, 0.717) is 11.6 Å². The molecule has 27 heavy (non-hydrogen) atoms. The zero-order chi connectivity index (χ0) is 18.8. The Morgan fingerprint density at radius 2 is 1.89 bits per heavy atom. The minimum Gasteiger partial charge on any atom is -0.352 e. The van der Waals surface area contributed by atoms with E-state index in [-0.39, 0.29) is 18.1 Å². The van der Waals surface area contributed by atoms with Crippen molar-refractivity contribution in [3.8, 4) is 11.3 Å². The number of benzene rings is 2. The molecule has 0 atom stereocenters. The van der Waals surface area contributed by atoms with E-state index in [2.05, 4.69) is 10.3 Å². The second-order valence-corrected chi connectivity index (χ2v) is 7.37. The molecule has 4 rings (SSSR count). The largest absolute Gasteiger partial charge is 0.352 e. The second-order valence-electron chi connectivity index (χ2n) is 6.09. The zero-order valence-electron chi connectivity index (χ0n) is 14.2. The fourth-order valence-electron chi connectivity index (χ4n) is 2.75. The quantitative estimate of drug-likeness (QED) is 0.528. The van der Waals surface area contributed by atoms with Gasteiger partial charge in [0, 0.05) is 34.4 Å². The standard InChI is InChI=1S/C20H15ClFN3OS/c21-15-5-1-13(2-6-15)10-23-19(26)9-17-12-27-20-24-18(11-25(17)20)14-3-7-16(22)8-4-14/h1-8,11-12H,9-10H2,(H,23,26). The van der Waals surface area contributed by atoms with Crippen LogP contribution in [-0.4, -0.2) is 15.3 Å². The van der Waals surface area contributed by atoms with Crippen LogP contribution in [0, 0.1) is 5.82 Å². The van der Waals surface area contributed by atoms with E-state index in [9.17, 15) is 9.18 Å². The number of carbonyl (C=O) groups excluding carboxylic acids is 1. The van der Waals surface area contributed by atoms with E-state index in [4.69, 9.17) is 11.6 Å². The van der Waals surface area contributed by atoms with Gasteiger partial charge in [-0.25, -0.2) is 9.37 Å². The number of hydrogen-bond acceptors (Lipinski definition) is 3. The van der Waals surface area contributed by atoms with Crippen molar-refractivity contribution in [3.05, 3.63) is 82.2 Å². The molecular weight excluding hydrogens is 385 g/mol. The van der Waals surface area contributed by atoms with Crippen LogP contribution in [0.2, 0.25) is 5.02 Å². The molecule has 0 bridgehead atoms. The average molecular weight is 400 g/mol.